The first-order chi connectivity index (χ1) is 17.1. The van der Waals surface area contributed by atoms with Crippen molar-refractivity contribution in [2.45, 2.75) is 95.1 Å². The van der Waals surface area contributed by atoms with Gasteiger partial charge in [-0.3, -0.25) is 4.79 Å². The number of carbonyl (C=O) groups excluding carboxylic acids is 1. The van der Waals surface area contributed by atoms with Gasteiger partial charge in [0, 0.05) is 22.8 Å². The second kappa shape index (κ2) is 9.48. The molecule has 1 amide bonds. The maximum atomic E-state index is 13.3. The van der Waals surface area contributed by atoms with E-state index < -0.39 is 0 Å². The molecular weight excluding hydrogens is 432 g/mol. The van der Waals surface area contributed by atoms with Crippen molar-refractivity contribution in [3.63, 3.8) is 0 Å². The summed E-state index contributed by atoms with van der Waals surface area (Å²) in [6.07, 6.45) is 15.3. The number of nitrogens with two attached hydrogens (primary N) is 1. The highest BCUT2D eigenvalue weighted by Gasteiger charge is 2.52. The summed E-state index contributed by atoms with van der Waals surface area (Å²) < 4.78 is 2.28. The molecular formula is C30H40N4O. The molecule has 5 fully saturated rings. The van der Waals surface area contributed by atoms with E-state index in [1.165, 1.54) is 69.9 Å². The summed E-state index contributed by atoms with van der Waals surface area (Å²) in [5.41, 5.74) is 10.1. The molecule has 5 nitrogen and oxygen atoms in total. The summed E-state index contributed by atoms with van der Waals surface area (Å²) in [5.74, 6) is 2.70. The Bertz CT molecular complexity index is 1040. The number of hydrogen-bond acceptors (Lipinski definition) is 1. The van der Waals surface area contributed by atoms with Gasteiger partial charge in [-0.2, -0.15) is 4.99 Å². The molecule has 0 unspecified atom stereocenters. The third-order valence-corrected chi connectivity index (χ3v) is 9.38. The summed E-state index contributed by atoms with van der Waals surface area (Å²) in [6.45, 7) is 0.251. The van der Waals surface area contributed by atoms with Gasteiger partial charge < -0.3 is 15.6 Å². The van der Waals surface area contributed by atoms with Gasteiger partial charge in [-0.25, -0.2) is 0 Å². The van der Waals surface area contributed by atoms with Crippen LogP contribution in [0.2, 0.25) is 0 Å². The summed E-state index contributed by atoms with van der Waals surface area (Å²) in [4.78, 5) is 17.6. The van der Waals surface area contributed by atoms with Crippen LogP contribution in [0.1, 0.15) is 82.7 Å². The SMILES string of the molecule is N/C(=N\C(=O)Cn1c(-c2ccccc2)ccc1C12CC3CC(CC(C3)C1)C2)NC1CCCCCC1. The highest BCUT2D eigenvalue weighted by molar-refractivity contribution is 5.92. The highest BCUT2D eigenvalue weighted by atomic mass is 16.1. The number of nitrogens with one attached hydrogen (secondary N) is 1. The van der Waals surface area contributed by atoms with Crippen molar-refractivity contribution >= 4 is 11.9 Å². The lowest BCUT2D eigenvalue weighted by Gasteiger charge is -2.57. The van der Waals surface area contributed by atoms with E-state index in [1.807, 2.05) is 6.07 Å². The Hall–Kier alpha value is -2.56. The lowest BCUT2D eigenvalue weighted by molar-refractivity contribution is -0.118. The number of carbonyl (C=O) groups is 1. The molecule has 0 spiro atoms. The van der Waals surface area contributed by atoms with E-state index >= 15 is 0 Å². The molecule has 3 N–H and O–H groups in total. The van der Waals surface area contributed by atoms with Gasteiger partial charge in [0.1, 0.15) is 6.54 Å². The first-order valence-corrected chi connectivity index (χ1v) is 14.0. The molecule has 2 aromatic rings. The van der Waals surface area contributed by atoms with E-state index in [0.717, 1.165) is 41.9 Å². The Morgan fingerprint density at radius 1 is 0.914 bits per heavy atom. The predicted molar refractivity (Wildman–Crippen MR) is 141 cm³/mol. The average Bonchev–Trinajstić information content (AvgIpc) is 3.07. The second-order valence-electron chi connectivity index (χ2n) is 12.0. The van der Waals surface area contributed by atoms with Crippen LogP contribution in [0.5, 0.6) is 0 Å². The van der Waals surface area contributed by atoms with Gasteiger partial charge in [0.15, 0.2) is 5.96 Å². The molecule has 1 aromatic carbocycles. The van der Waals surface area contributed by atoms with Crippen molar-refractivity contribution in [3.8, 4) is 11.3 Å². The molecule has 186 valence electrons. The van der Waals surface area contributed by atoms with Crippen LogP contribution in [-0.4, -0.2) is 22.5 Å². The number of nitrogens with zero attached hydrogens (tertiary/aromatic N) is 2. The van der Waals surface area contributed by atoms with E-state index in [2.05, 4.69) is 51.3 Å². The number of guanidine groups is 1. The minimum atomic E-state index is -0.164. The van der Waals surface area contributed by atoms with Crippen molar-refractivity contribution in [1.82, 2.24) is 9.88 Å². The molecule has 35 heavy (non-hydrogen) atoms. The van der Waals surface area contributed by atoms with E-state index in [0.29, 0.717) is 6.04 Å². The molecule has 5 aliphatic carbocycles. The third kappa shape index (κ3) is 4.66. The Kier molecular flexibility index (Phi) is 6.19. The van der Waals surface area contributed by atoms with Crippen molar-refractivity contribution in [2.75, 3.05) is 0 Å². The maximum Gasteiger partial charge on any atom is 0.268 e. The normalized spacial score (nSPS) is 30.9. The molecule has 0 radical (unpaired) electrons. The van der Waals surface area contributed by atoms with Crippen molar-refractivity contribution in [1.29, 1.82) is 0 Å². The number of hydrogen-bond donors (Lipinski definition) is 2. The van der Waals surface area contributed by atoms with Gasteiger partial charge >= 0.3 is 0 Å². The molecule has 0 aliphatic heterocycles. The number of rotatable bonds is 5. The summed E-state index contributed by atoms with van der Waals surface area (Å²) in [5, 5.41) is 3.34. The first kappa shape index (κ1) is 22.9. The molecule has 0 atom stereocenters. The smallest absolute Gasteiger partial charge is 0.268 e. The fourth-order valence-electron chi connectivity index (χ4n) is 8.36. The van der Waals surface area contributed by atoms with E-state index in [4.69, 9.17) is 5.73 Å². The lowest BCUT2D eigenvalue weighted by atomic mass is 9.49. The number of amides is 1. The zero-order chi connectivity index (χ0) is 23.8. The Morgan fingerprint density at radius 2 is 1.54 bits per heavy atom. The van der Waals surface area contributed by atoms with Crippen LogP contribution < -0.4 is 11.1 Å². The first-order valence-electron chi connectivity index (χ1n) is 14.0. The quantitative estimate of drug-likeness (QED) is 0.329. The third-order valence-electron chi connectivity index (χ3n) is 9.38. The number of benzene rings is 1. The van der Waals surface area contributed by atoms with E-state index in [9.17, 15) is 4.79 Å². The van der Waals surface area contributed by atoms with Crippen LogP contribution in [0.4, 0.5) is 0 Å². The largest absolute Gasteiger partial charge is 0.370 e. The molecule has 7 rings (SSSR count). The topological polar surface area (TPSA) is 72.4 Å². The number of aliphatic imine (C=N–C) groups is 1. The Morgan fingerprint density at radius 3 is 2.17 bits per heavy atom. The molecule has 5 aliphatic rings. The lowest BCUT2D eigenvalue weighted by Crippen LogP contribution is -2.49. The summed E-state index contributed by atoms with van der Waals surface area (Å²) >= 11 is 0. The van der Waals surface area contributed by atoms with Gasteiger partial charge in [0.25, 0.3) is 5.91 Å². The second-order valence-corrected chi connectivity index (χ2v) is 12.0. The van der Waals surface area contributed by atoms with Crippen molar-refractivity contribution in [3.05, 3.63) is 48.2 Å². The van der Waals surface area contributed by atoms with E-state index in [-0.39, 0.29) is 23.8 Å². The minimum Gasteiger partial charge on any atom is -0.370 e. The fourth-order valence-corrected chi connectivity index (χ4v) is 8.36. The van der Waals surface area contributed by atoms with Crippen molar-refractivity contribution in [2.24, 2.45) is 28.5 Å². The Labute approximate surface area is 209 Å². The minimum absolute atomic E-state index is 0.164. The van der Waals surface area contributed by atoms with Gasteiger partial charge in [0.05, 0.1) is 0 Å². The standard InChI is InChI=1S/C30H40N4O/c31-29(32-25-10-6-1-2-7-11-25)33-28(35)20-34-26(24-8-4-3-5-9-24)12-13-27(34)30-17-21-14-22(18-30)16-23(15-21)19-30/h3-5,8-9,12-13,21-23,25H,1-2,6-7,10-11,14-20H2,(H3,31,32,33,35). The summed E-state index contributed by atoms with van der Waals surface area (Å²) in [7, 11) is 0. The molecule has 0 saturated heterocycles. The molecule has 1 aromatic heterocycles. The van der Waals surface area contributed by atoms with Gasteiger partial charge in [-0.1, -0.05) is 56.0 Å². The number of aromatic nitrogens is 1. The predicted octanol–water partition coefficient (Wildman–Crippen LogP) is 5.78. The summed E-state index contributed by atoms with van der Waals surface area (Å²) in [6, 6.07) is 15.4. The molecule has 5 heteroatoms. The van der Waals surface area contributed by atoms with Crippen LogP contribution >= 0.6 is 0 Å². The molecule has 4 bridgehead atoms. The zero-order valence-corrected chi connectivity index (χ0v) is 20.9. The van der Waals surface area contributed by atoms with Gasteiger partial charge in [0.2, 0.25) is 0 Å². The van der Waals surface area contributed by atoms with Crippen LogP contribution in [0.25, 0.3) is 11.3 Å². The van der Waals surface area contributed by atoms with Crippen LogP contribution in [0.15, 0.2) is 47.5 Å². The van der Waals surface area contributed by atoms with Gasteiger partial charge in [-0.15, -0.1) is 0 Å². The molecule has 1 heterocycles. The van der Waals surface area contributed by atoms with Crippen LogP contribution in [0, 0.1) is 17.8 Å². The Balaban J connectivity index is 1.28. The molecule has 5 saturated carbocycles. The maximum absolute atomic E-state index is 13.3. The van der Waals surface area contributed by atoms with Crippen molar-refractivity contribution < 1.29 is 4.79 Å². The van der Waals surface area contributed by atoms with Gasteiger partial charge in [-0.05, 0) is 86.8 Å². The zero-order valence-electron chi connectivity index (χ0n) is 20.9. The van der Waals surface area contributed by atoms with Crippen LogP contribution in [-0.2, 0) is 16.8 Å². The highest BCUT2D eigenvalue weighted by Crippen LogP contribution is 2.61. The van der Waals surface area contributed by atoms with Crippen LogP contribution in [0.3, 0.4) is 0 Å². The fraction of sp³-hybridized carbons (Fsp3) is 0.600. The van der Waals surface area contributed by atoms with E-state index in [1.54, 1.807) is 0 Å². The monoisotopic (exact) mass is 472 g/mol. The average molecular weight is 473 g/mol.